The SMILES string of the molecule is CCCc1ccc(S(=O)(=O)N2CCN(CC(=O)N[C@H](C)c3cccc(Cl)c3)CC2)cc1. The van der Waals surface area contributed by atoms with E-state index < -0.39 is 10.0 Å². The minimum absolute atomic E-state index is 0.0877. The Hall–Kier alpha value is -1.93. The Labute approximate surface area is 190 Å². The highest BCUT2D eigenvalue weighted by Crippen LogP contribution is 2.20. The maximum atomic E-state index is 12.9. The molecule has 1 saturated heterocycles. The quantitative estimate of drug-likeness (QED) is 0.650. The Morgan fingerprint density at radius 1 is 1.10 bits per heavy atom. The molecule has 2 aromatic rings. The van der Waals surface area contributed by atoms with Crippen molar-refractivity contribution in [3.05, 3.63) is 64.7 Å². The lowest BCUT2D eigenvalue weighted by atomic mass is 10.1. The van der Waals surface area contributed by atoms with Crippen LogP contribution in [0.1, 0.15) is 37.4 Å². The van der Waals surface area contributed by atoms with Gasteiger partial charge in [-0.05, 0) is 48.7 Å². The Morgan fingerprint density at radius 3 is 2.39 bits per heavy atom. The van der Waals surface area contributed by atoms with E-state index in [9.17, 15) is 13.2 Å². The summed E-state index contributed by atoms with van der Waals surface area (Å²) in [5.41, 5.74) is 2.09. The van der Waals surface area contributed by atoms with Gasteiger partial charge in [0.05, 0.1) is 17.5 Å². The number of nitrogens with one attached hydrogen (secondary N) is 1. The second kappa shape index (κ2) is 10.6. The van der Waals surface area contributed by atoms with Gasteiger partial charge in [0.25, 0.3) is 0 Å². The predicted octanol–water partition coefficient (Wildman–Crippen LogP) is 3.48. The molecule has 31 heavy (non-hydrogen) atoms. The number of rotatable bonds is 8. The van der Waals surface area contributed by atoms with Gasteiger partial charge in [-0.15, -0.1) is 0 Å². The van der Waals surface area contributed by atoms with E-state index in [1.807, 2.05) is 42.2 Å². The van der Waals surface area contributed by atoms with Gasteiger partial charge in [-0.1, -0.05) is 49.2 Å². The number of halogens is 1. The molecule has 0 aromatic heterocycles. The maximum absolute atomic E-state index is 12.9. The van der Waals surface area contributed by atoms with Crippen molar-refractivity contribution in [2.75, 3.05) is 32.7 Å². The lowest BCUT2D eigenvalue weighted by molar-refractivity contribution is -0.123. The molecule has 168 valence electrons. The van der Waals surface area contributed by atoms with Crippen molar-refractivity contribution in [2.24, 2.45) is 0 Å². The number of benzene rings is 2. The van der Waals surface area contributed by atoms with Crippen LogP contribution in [0, 0.1) is 0 Å². The van der Waals surface area contributed by atoms with Crippen LogP contribution < -0.4 is 5.32 Å². The molecule has 1 amide bonds. The van der Waals surface area contributed by atoms with E-state index in [0.717, 1.165) is 24.0 Å². The zero-order valence-corrected chi connectivity index (χ0v) is 19.6. The topological polar surface area (TPSA) is 69.7 Å². The van der Waals surface area contributed by atoms with Crippen molar-refractivity contribution < 1.29 is 13.2 Å². The Kier molecular flexibility index (Phi) is 8.11. The molecule has 2 aromatic carbocycles. The van der Waals surface area contributed by atoms with Gasteiger partial charge in [-0.2, -0.15) is 4.31 Å². The highest BCUT2D eigenvalue weighted by atomic mass is 35.5. The van der Waals surface area contributed by atoms with Crippen LogP contribution in [0.4, 0.5) is 0 Å². The molecule has 0 aliphatic carbocycles. The summed E-state index contributed by atoms with van der Waals surface area (Å²) in [5.74, 6) is -0.0877. The van der Waals surface area contributed by atoms with Gasteiger partial charge < -0.3 is 5.32 Å². The molecular weight excluding hydrogens is 434 g/mol. The van der Waals surface area contributed by atoms with E-state index in [4.69, 9.17) is 11.6 Å². The molecule has 1 atom stereocenters. The van der Waals surface area contributed by atoms with E-state index in [-0.39, 0.29) is 18.5 Å². The first kappa shape index (κ1) is 23.7. The number of hydrogen-bond donors (Lipinski definition) is 1. The molecule has 0 saturated carbocycles. The van der Waals surface area contributed by atoms with Crippen molar-refractivity contribution in [3.63, 3.8) is 0 Å². The summed E-state index contributed by atoms with van der Waals surface area (Å²) in [7, 11) is -3.51. The van der Waals surface area contributed by atoms with Crippen LogP contribution in [0.5, 0.6) is 0 Å². The molecule has 8 heteroatoms. The van der Waals surface area contributed by atoms with Crippen LogP contribution >= 0.6 is 11.6 Å². The average Bonchev–Trinajstić information content (AvgIpc) is 2.74. The number of amides is 1. The largest absolute Gasteiger partial charge is 0.348 e. The second-order valence-electron chi connectivity index (χ2n) is 7.92. The fourth-order valence-electron chi connectivity index (χ4n) is 3.74. The number of nitrogens with zero attached hydrogens (tertiary/aromatic N) is 2. The third kappa shape index (κ3) is 6.29. The van der Waals surface area contributed by atoms with Crippen molar-refractivity contribution in [3.8, 4) is 0 Å². The summed E-state index contributed by atoms with van der Waals surface area (Å²) < 4.78 is 27.4. The van der Waals surface area contributed by atoms with Crippen LogP contribution in [0.2, 0.25) is 5.02 Å². The molecular formula is C23H30ClN3O3S. The first-order valence-corrected chi connectivity index (χ1v) is 12.5. The lowest BCUT2D eigenvalue weighted by Crippen LogP contribution is -2.51. The zero-order valence-electron chi connectivity index (χ0n) is 18.1. The summed E-state index contributed by atoms with van der Waals surface area (Å²) in [6.45, 7) is 6.04. The van der Waals surface area contributed by atoms with Gasteiger partial charge in [0.2, 0.25) is 15.9 Å². The van der Waals surface area contributed by atoms with Gasteiger partial charge in [-0.3, -0.25) is 9.69 Å². The van der Waals surface area contributed by atoms with Crippen molar-refractivity contribution >= 4 is 27.5 Å². The second-order valence-corrected chi connectivity index (χ2v) is 10.3. The number of carbonyl (C=O) groups excluding carboxylic acids is 1. The van der Waals surface area contributed by atoms with E-state index in [0.29, 0.717) is 36.1 Å². The molecule has 1 aliphatic heterocycles. The van der Waals surface area contributed by atoms with E-state index in [1.165, 1.54) is 4.31 Å². The molecule has 3 rings (SSSR count). The fourth-order valence-corrected chi connectivity index (χ4v) is 5.36. The van der Waals surface area contributed by atoms with Crippen LogP contribution in [0.15, 0.2) is 53.4 Å². The molecule has 0 unspecified atom stereocenters. The average molecular weight is 464 g/mol. The molecule has 1 fully saturated rings. The van der Waals surface area contributed by atoms with Crippen molar-refractivity contribution in [1.29, 1.82) is 0 Å². The summed E-state index contributed by atoms with van der Waals surface area (Å²) in [6.07, 6.45) is 1.97. The Bertz CT molecular complexity index is 987. The van der Waals surface area contributed by atoms with Gasteiger partial charge in [0.1, 0.15) is 0 Å². The third-order valence-electron chi connectivity index (χ3n) is 5.52. The van der Waals surface area contributed by atoms with Gasteiger partial charge in [-0.25, -0.2) is 8.42 Å². The van der Waals surface area contributed by atoms with Crippen LogP contribution in [-0.4, -0.2) is 56.3 Å². The zero-order chi connectivity index (χ0) is 22.4. The molecule has 1 aliphatic rings. The third-order valence-corrected chi connectivity index (χ3v) is 7.67. The summed E-state index contributed by atoms with van der Waals surface area (Å²) >= 11 is 6.02. The Balaban J connectivity index is 1.51. The van der Waals surface area contributed by atoms with Crippen LogP contribution in [-0.2, 0) is 21.2 Å². The molecule has 0 bridgehead atoms. The lowest BCUT2D eigenvalue weighted by Gasteiger charge is -2.33. The van der Waals surface area contributed by atoms with E-state index in [1.54, 1.807) is 18.2 Å². The highest BCUT2D eigenvalue weighted by molar-refractivity contribution is 7.89. The number of aryl methyl sites for hydroxylation is 1. The monoisotopic (exact) mass is 463 g/mol. The summed E-state index contributed by atoms with van der Waals surface area (Å²) in [5, 5.41) is 3.62. The first-order chi connectivity index (χ1) is 14.8. The number of hydrogen-bond acceptors (Lipinski definition) is 4. The molecule has 1 N–H and O–H groups in total. The highest BCUT2D eigenvalue weighted by Gasteiger charge is 2.29. The Morgan fingerprint density at radius 2 is 1.77 bits per heavy atom. The number of piperazine rings is 1. The molecule has 1 heterocycles. The van der Waals surface area contributed by atoms with E-state index >= 15 is 0 Å². The van der Waals surface area contributed by atoms with Crippen LogP contribution in [0.3, 0.4) is 0 Å². The summed E-state index contributed by atoms with van der Waals surface area (Å²) in [6, 6.07) is 14.4. The van der Waals surface area contributed by atoms with E-state index in [2.05, 4.69) is 12.2 Å². The number of carbonyl (C=O) groups is 1. The smallest absolute Gasteiger partial charge is 0.243 e. The predicted molar refractivity (Wildman–Crippen MR) is 124 cm³/mol. The fraction of sp³-hybridized carbons (Fsp3) is 0.435. The van der Waals surface area contributed by atoms with Crippen LogP contribution in [0.25, 0.3) is 0 Å². The van der Waals surface area contributed by atoms with Gasteiger partial charge in [0, 0.05) is 31.2 Å². The maximum Gasteiger partial charge on any atom is 0.243 e. The molecule has 0 spiro atoms. The minimum Gasteiger partial charge on any atom is -0.348 e. The van der Waals surface area contributed by atoms with Crippen molar-refractivity contribution in [2.45, 2.75) is 37.6 Å². The molecule has 6 nitrogen and oxygen atoms in total. The van der Waals surface area contributed by atoms with Crippen molar-refractivity contribution in [1.82, 2.24) is 14.5 Å². The van der Waals surface area contributed by atoms with Gasteiger partial charge in [0.15, 0.2) is 0 Å². The standard InChI is InChI=1S/C23H30ClN3O3S/c1-3-5-19-8-10-22(11-9-19)31(29,30)27-14-12-26(13-15-27)17-23(28)25-18(2)20-6-4-7-21(24)16-20/h4,6-11,16,18H,3,5,12-15,17H2,1-2H3,(H,25,28)/t18-/m1/s1. The normalized spacial score (nSPS) is 16.7. The minimum atomic E-state index is -3.51. The van der Waals surface area contributed by atoms with Gasteiger partial charge >= 0.3 is 0 Å². The first-order valence-electron chi connectivity index (χ1n) is 10.7. The number of sulfonamides is 1. The molecule has 0 radical (unpaired) electrons. The summed E-state index contributed by atoms with van der Waals surface area (Å²) in [4.78, 5) is 14.8.